The fourth-order valence-corrected chi connectivity index (χ4v) is 2.05. The van der Waals surface area contributed by atoms with Gasteiger partial charge in [-0.15, -0.1) is 0 Å². The van der Waals surface area contributed by atoms with Crippen molar-refractivity contribution in [3.63, 3.8) is 0 Å². The van der Waals surface area contributed by atoms with E-state index in [4.69, 9.17) is 5.73 Å². The highest BCUT2D eigenvalue weighted by Gasteiger charge is 2.14. The molecule has 2 rings (SSSR count). The molecule has 0 bridgehead atoms. The summed E-state index contributed by atoms with van der Waals surface area (Å²) < 4.78 is 14.0. The Morgan fingerprint density at radius 3 is 2.71 bits per heavy atom. The molecule has 1 unspecified atom stereocenters. The largest absolute Gasteiger partial charge is 0.365 e. The summed E-state index contributed by atoms with van der Waals surface area (Å²) in [6, 6.07) is 5.17. The number of halogens is 1. The van der Waals surface area contributed by atoms with Crippen LogP contribution in [-0.4, -0.2) is 13.1 Å². The molecule has 0 aromatic heterocycles. The molecule has 0 saturated heterocycles. The molecule has 2 N–H and O–H groups in total. The highest BCUT2D eigenvalue weighted by Crippen LogP contribution is 2.25. The van der Waals surface area contributed by atoms with Crippen LogP contribution < -0.4 is 10.6 Å². The summed E-state index contributed by atoms with van der Waals surface area (Å²) >= 11 is 0. The molecule has 17 heavy (non-hydrogen) atoms. The topological polar surface area (TPSA) is 29.3 Å². The van der Waals surface area contributed by atoms with Gasteiger partial charge in [-0.05, 0) is 38.0 Å². The molecule has 3 heteroatoms. The zero-order valence-electron chi connectivity index (χ0n) is 10.4. The highest BCUT2D eigenvalue weighted by molar-refractivity contribution is 5.51. The van der Waals surface area contributed by atoms with Gasteiger partial charge in [-0.1, -0.05) is 17.7 Å². The first-order chi connectivity index (χ1) is 8.08. The Morgan fingerprint density at radius 2 is 2.18 bits per heavy atom. The Morgan fingerprint density at radius 1 is 1.41 bits per heavy atom. The molecule has 0 saturated carbocycles. The standard InChI is InChI=1S/C14H19FN2/c1-10-5-7-17(8-6-10)14-4-3-12(11(2)16)9-13(14)15/h3-5,9,11H,6-8,16H2,1-2H3. The van der Waals surface area contributed by atoms with Gasteiger partial charge in [0.2, 0.25) is 0 Å². The van der Waals surface area contributed by atoms with Gasteiger partial charge in [0.15, 0.2) is 0 Å². The summed E-state index contributed by atoms with van der Waals surface area (Å²) in [6.07, 6.45) is 3.16. The van der Waals surface area contributed by atoms with Gasteiger partial charge in [-0.3, -0.25) is 0 Å². The number of nitrogens with zero attached hydrogens (tertiary/aromatic N) is 1. The lowest BCUT2D eigenvalue weighted by molar-refractivity contribution is 0.612. The van der Waals surface area contributed by atoms with Crippen molar-refractivity contribution in [1.82, 2.24) is 0 Å². The average molecular weight is 234 g/mol. The molecule has 2 nitrogen and oxygen atoms in total. The number of hydrogen-bond donors (Lipinski definition) is 1. The second-order valence-electron chi connectivity index (χ2n) is 4.75. The third-order valence-electron chi connectivity index (χ3n) is 3.27. The van der Waals surface area contributed by atoms with Crippen LogP contribution in [0, 0.1) is 5.82 Å². The Kier molecular flexibility index (Phi) is 3.48. The maximum Gasteiger partial charge on any atom is 0.146 e. The Bertz CT molecular complexity index is 438. The van der Waals surface area contributed by atoms with Crippen LogP contribution in [0.4, 0.5) is 10.1 Å². The lowest BCUT2D eigenvalue weighted by Gasteiger charge is -2.28. The molecule has 0 amide bonds. The number of benzene rings is 1. The van der Waals surface area contributed by atoms with E-state index in [1.54, 1.807) is 6.07 Å². The van der Waals surface area contributed by atoms with E-state index in [2.05, 4.69) is 17.9 Å². The van der Waals surface area contributed by atoms with Crippen molar-refractivity contribution in [1.29, 1.82) is 0 Å². The Labute approximate surface area is 102 Å². The van der Waals surface area contributed by atoms with Crippen molar-refractivity contribution < 1.29 is 4.39 Å². The van der Waals surface area contributed by atoms with Gasteiger partial charge >= 0.3 is 0 Å². The van der Waals surface area contributed by atoms with Gasteiger partial charge in [0.25, 0.3) is 0 Å². The highest BCUT2D eigenvalue weighted by atomic mass is 19.1. The SMILES string of the molecule is CC1=CCN(c2ccc(C(C)N)cc2F)CC1. The maximum absolute atomic E-state index is 14.0. The average Bonchev–Trinajstić information content (AvgIpc) is 2.30. The van der Waals surface area contributed by atoms with E-state index >= 15 is 0 Å². The first-order valence-electron chi connectivity index (χ1n) is 6.03. The number of anilines is 1. The quantitative estimate of drug-likeness (QED) is 0.797. The minimum absolute atomic E-state index is 0.123. The van der Waals surface area contributed by atoms with Crippen molar-refractivity contribution in [2.45, 2.75) is 26.3 Å². The van der Waals surface area contributed by atoms with Crippen LogP contribution in [0.1, 0.15) is 31.9 Å². The molecule has 1 aromatic carbocycles. The Hall–Kier alpha value is -1.35. The molecular weight excluding hydrogens is 215 g/mol. The van der Waals surface area contributed by atoms with E-state index in [0.29, 0.717) is 5.69 Å². The van der Waals surface area contributed by atoms with E-state index in [1.165, 1.54) is 5.57 Å². The zero-order chi connectivity index (χ0) is 12.4. The van der Waals surface area contributed by atoms with Gasteiger partial charge in [0.1, 0.15) is 5.82 Å². The van der Waals surface area contributed by atoms with Gasteiger partial charge in [-0.25, -0.2) is 4.39 Å². The van der Waals surface area contributed by atoms with Crippen LogP contribution in [-0.2, 0) is 0 Å². The zero-order valence-corrected chi connectivity index (χ0v) is 10.4. The molecule has 0 fully saturated rings. The van der Waals surface area contributed by atoms with Crippen molar-refractivity contribution in [3.8, 4) is 0 Å². The molecule has 0 aliphatic carbocycles. The summed E-state index contributed by atoms with van der Waals surface area (Å²) in [7, 11) is 0. The fraction of sp³-hybridized carbons (Fsp3) is 0.429. The van der Waals surface area contributed by atoms with Crippen molar-refractivity contribution in [2.75, 3.05) is 18.0 Å². The van der Waals surface area contributed by atoms with Gasteiger partial charge in [0.05, 0.1) is 5.69 Å². The van der Waals surface area contributed by atoms with E-state index in [9.17, 15) is 4.39 Å². The van der Waals surface area contributed by atoms with E-state index < -0.39 is 0 Å². The molecule has 0 radical (unpaired) electrons. The van der Waals surface area contributed by atoms with Crippen LogP contribution in [0.2, 0.25) is 0 Å². The lowest BCUT2D eigenvalue weighted by Crippen LogP contribution is -2.29. The van der Waals surface area contributed by atoms with Crippen LogP contribution >= 0.6 is 0 Å². The van der Waals surface area contributed by atoms with Crippen molar-refractivity contribution in [3.05, 3.63) is 41.2 Å². The van der Waals surface area contributed by atoms with E-state index in [0.717, 1.165) is 25.1 Å². The predicted octanol–water partition coefficient (Wildman–Crippen LogP) is 3.00. The third-order valence-corrected chi connectivity index (χ3v) is 3.27. The number of rotatable bonds is 2. The smallest absolute Gasteiger partial charge is 0.146 e. The van der Waals surface area contributed by atoms with Gasteiger partial charge in [-0.2, -0.15) is 0 Å². The molecule has 1 aliphatic heterocycles. The van der Waals surface area contributed by atoms with E-state index in [1.807, 2.05) is 19.1 Å². The minimum atomic E-state index is -0.173. The van der Waals surface area contributed by atoms with Gasteiger partial charge < -0.3 is 10.6 Å². The molecule has 1 aromatic rings. The first-order valence-corrected chi connectivity index (χ1v) is 6.03. The molecule has 1 heterocycles. The monoisotopic (exact) mass is 234 g/mol. The van der Waals surface area contributed by atoms with Crippen molar-refractivity contribution in [2.24, 2.45) is 5.73 Å². The van der Waals surface area contributed by atoms with Crippen molar-refractivity contribution >= 4 is 5.69 Å². The molecule has 1 aliphatic rings. The second-order valence-corrected chi connectivity index (χ2v) is 4.75. The number of nitrogens with two attached hydrogens (primary N) is 1. The third kappa shape index (κ3) is 2.67. The molecule has 92 valence electrons. The summed E-state index contributed by atoms with van der Waals surface area (Å²) in [5.41, 5.74) is 8.64. The molecule has 1 atom stereocenters. The van der Waals surface area contributed by atoms with Crippen LogP contribution in [0.15, 0.2) is 29.8 Å². The summed E-state index contributed by atoms with van der Waals surface area (Å²) in [4.78, 5) is 2.06. The van der Waals surface area contributed by atoms with Crippen LogP contribution in [0.25, 0.3) is 0 Å². The summed E-state index contributed by atoms with van der Waals surface area (Å²) in [6.45, 7) is 5.66. The molecule has 0 spiro atoms. The van der Waals surface area contributed by atoms with Gasteiger partial charge in [0, 0.05) is 19.1 Å². The number of hydrogen-bond acceptors (Lipinski definition) is 2. The minimum Gasteiger partial charge on any atom is -0.365 e. The Balaban J connectivity index is 2.22. The lowest BCUT2D eigenvalue weighted by atomic mass is 10.1. The summed E-state index contributed by atoms with van der Waals surface area (Å²) in [5.74, 6) is -0.173. The predicted molar refractivity (Wildman–Crippen MR) is 69.6 cm³/mol. The molecular formula is C14H19FN2. The van der Waals surface area contributed by atoms with Crippen LogP contribution in [0.3, 0.4) is 0 Å². The maximum atomic E-state index is 14.0. The second kappa shape index (κ2) is 4.88. The van der Waals surface area contributed by atoms with E-state index in [-0.39, 0.29) is 11.9 Å². The van der Waals surface area contributed by atoms with Crippen LogP contribution in [0.5, 0.6) is 0 Å². The first kappa shape index (κ1) is 12.1. The summed E-state index contributed by atoms with van der Waals surface area (Å²) in [5, 5.41) is 0. The fourth-order valence-electron chi connectivity index (χ4n) is 2.05. The normalized spacial score (nSPS) is 17.9.